The van der Waals surface area contributed by atoms with Crippen molar-refractivity contribution >= 4 is 29.0 Å². The Balaban J connectivity index is 1.60. The number of nitrogens with one attached hydrogen (secondary N) is 3. The molecule has 2 heterocycles. The molecule has 0 radical (unpaired) electrons. The molecule has 1 unspecified atom stereocenters. The fraction of sp³-hybridized carbons (Fsp3) is 0.522. The molecule has 1 aromatic heterocycles. The van der Waals surface area contributed by atoms with Gasteiger partial charge in [0.2, 0.25) is 11.9 Å². The van der Waals surface area contributed by atoms with E-state index in [4.69, 9.17) is 10.7 Å². The Hall–Kier alpha value is -3.24. The normalized spacial score (nSPS) is 22.6. The van der Waals surface area contributed by atoms with Crippen LogP contribution in [0.15, 0.2) is 30.5 Å². The number of hydrogen-bond donors (Lipinski definition) is 4. The summed E-state index contributed by atoms with van der Waals surface area (Å²) in [6, 6.07) is 4.99. The Morgan fingerprint density at radius 1 is 1.12 bits per heavy atom. The van der Waals surface area contributed by atoms with Crippen LogP contribution in [0.25, 0.3) is 0 Å². The summed E-state index contributed by atoms with van der Waals surface area (Å²) in [6.07, 6.45) is -0.294. The Morgan fingerprint density at radius 2 is 1.76 bits per heavy atom. The van der Waals surface area contributed by atoms with Gasteiger partial charge in [-0.2, -0.15) is 18.2 Å². The third-order valence-electron chi connectivity index (χ3n) is 6.08. The van der Waals surface area contributed by atoms with E-state index in [0.29, 0.717) is 30.3 Å². The second-order valence-corrected chi connectivity index (χ2v) is 9.89. The van der Waals surface area contributed by atoms with Crippen LogP contribution in [0.5, 0.6) is 0 Å². The van der Waals surface area contributed by atoms with Crippen molar-refractivity contribution < 1.29 is 18.0 Å². The van der Waals surface area contributed by atoms with Crippen molar-refractivity contribution in [2.24, 2.45) is 11.7 Å². The molecular formula is C23H30F3N7O. The molecule has 1 amide bonds. The molecule has 0 bridgehead atoms. The number of hydrogen-bond acceptors (Lipinski definition) is 7. The van der Waals surface area contributed by atoms with Crippen LogP contribution in [0.2, 0.25) is 0 Å². The summed E-state index contributed by atoms with van der Waals surface area (Å²) in [5.41, 5.74) is 5.83. The minimum Gasteiger partial charge on any atom is -0.369 e. The highest BCUT2D eigenvalue weighted by Gasteiger charge is 2.39. The number of benzene rings is 1. The van der Waals surface area contributed by atoms with E-state index in [-0.39, 0.29) is 23.4 Å². The predicted octanol–water partition coefficient (Wildman–Crippen LogP) is 4.38. The number of anilines is 4. The monoisotopic (exact) mass is 477 g/mol. The summed E-state index contributed by atoms with van der Waals surface area (Å²) >= 11 is 0. The first-order chi connectivity index (χ1) is 15.9. The van der Waals surface area contributed by atoms with Crippen molar-refractivity contribution in [2.45, 2.75) is 70.5 Å². The van der Waals surface area contributed by atoms with Crippen LogP contribution in [0.1, 0.15) is 52.0 Å². The van der Waals surface area contributed by atoms with Gasteiger partial charge >= 0.3 is 6.18 Å². The van der Waals surface area contributed by atoms with E-state index in [1.54, 1.807) is 6.20 Å². The molecule has 1 aliphatic heterocycles. The molecule has 8 nitrogen and oxygen atoms in total. The van der Waals surface area contributed by atoms with Gasteiger partial charge in [0.05, 0.1) is 17.4 Å². The molecular weight excluding hydrogens is 447 g/mol. The first-order valence-electron chi connectivity index (χ1n) is 11.3. The van der Waals surface area contributed by atoms with Gasteiger partial charge in [-0.25, -0.2) is 4.98 Å². The highest BCUT2D eigenvalue weighted by atomic mass is 19.4. The molecule has 5 N–H and O–H groups in total. The fourth-order valence-corrected chi connectivity index (χ4v) is 4.45. The highest BCUT2D eigenvalue weighted by molar-refractivity contribution is 5.77. The number of halogens is 3. The topological polar surface area (TPSA) is 108 Å². The van der Waals surface area contributed by atoms with Crippen molar-refractivity contribution in [3.63, 3.8) is 0 Å². The van der Waals surface area contributed by atoms with Gasteiger partial charge in [0.25, 0.3) is 0 Å². The largest absolute Gasteiger partial charge is 0.416 e. The zero-order valence-electron chi connectivity index (χ0n) is 19.4. The molecule has 0 spiro atoms. The number of nitrogens with two attached hydrogens (primary N) is 1. The summed E-state index contributed by atoms with van der Waals surface area (Å²) in [5.74, 6) is 0.765. The maximum absolute atomic E-state index is 13.0. The van der Waals surface area contributed by atoms with Crippen molar-refractivity contribution in [1.29, 1.82) is 0 Å². The first-order valence-corrected chi connectivity index (χ1v) is 11.3. The van der Waals surface area contributed by atoms with Crippen molar-refractivity contribution in [1.82, 2.24) is 9.97 Å². The lowest BCUT2D eigenvalue weighted by molar-refractivity contribution is -0.137. The lowest BCUT2D eigenvalue weighted by Crippen LogP contribution is -2.50. The number of primary amides is 1. The van der Waals surface area contributed by atoms with Crippen molar-refractivity contribution in [3.8, 4) is 0 Å². The number of carbonyl (C=O) groups excluding carboxylic acids is 1. The van der Waals surface area contributed by atoms with Gasteiger partial charge < -0.3 is 26.6 Å². The summed E-state index contributed by atoms with van der Waals surface area (Å²) in [5, 5.41) is 9.91. The number of alkyl halides is 3. The smallest absolute Gasteiger partial charge is 0.369 e. The number of carbonyl (C=O) groups is 1. The van der Waals surface area contributed by atoms with E-state index in [0.717, 1.165) is 30.7 Å². The van der Waals surface area contributed by atoms with Crippen LogP contribution in [-0.2, 0) is 11.0 Å². The first kappa shape index (κ1) is 23.9. The van der Waals surface area contributed by atoms with Gasteiger partial charge in [-0.15, -0.1) is 0 Å². The molecule has 0 saturated heterocycles. The van der Waals surface area contributed by atoms with Crippen LogP contribution in [-0.4, -0.2) is 33.7 Å². The molecule has 184 valence electrons. The summed E-state index contributed by atoms with van der Waals surface area (Å²) in [4.78, 5) is 22.9. The molecule has 2 aliphatic rings. The van der Waals surface area contributed by atoms with Gasteiger partial charge in [-0.3, -0.25) is 4.79 Å². The van der Waals surface area contributed by atoms with E-state index in [1.165, 1.54) is 12.1 Å². The van der Waals surface area contributed by atoms with Gasteiger partial charge in [0.1, 0.15) is 0 Å². The van der Waals surface area contributed by atoms with Crippen LogP contribution in [0.4, 0.5) is 36.3 Å². The molecule has 1 aliphatic carbocycles. The van der Waals surface area contributed by atoms with Gasteiger partial charge in [-0.05, 0) is 70.7 Å². The molecule has 1 atom stereocenters. The van der Waals surface area contributed by atoms with Crippen LogP contribution in [0.3, 0.4) is 0 Å². The van der Waals surface area contributed by atoms with Crippen LogP contribution < -0.4 is 26.6 Å². The standard InChI is InChI=1S/C23H30F3N7O/c1-22(2,3)32-20-28-12-17-19(31-20)33(16-10-4-13(5-11-16)18(27)34)21(30-17)29-15-8-6-14(7-9-15)23(24,25)26/h6-9,12-13,16,21,29-30H,4-5,10-11H2,1-3H3,(H2,27,34)(H,28,31,32)/t13-,16-,21?. The van der Waals surface area contributed by atoms with E-state index in [2.05, 4.69) is 25.8 Å². The zero-order valence-corrected chi connectivity index (χ0v) is 19.4. The van der Waals surface area contributed by atoms with Gasteiger partial charge in [0, 0.05) is 23.2 Å². The lowest BCUT2D eigenvalue weighted by atomic mass is 9.85. The van der Waals surface area contributed by atoms with Gasteiger partial charge in [-0.1, -0.05) is 0 Å². The summed E-state index contributed by atoms with van der Waals surface area (Å²) in [7, 11) is 0. The zero-order chi connectivity index (χ0) is 24.7. The second kappa shape index (κ2) is 8.84. The van der Waals surface area contributed by atoms with E-state index in [9.17, 15) is 18.0 Å². The molecule has 4 rings (SSSR count). The van der Waals surface area contributed by atoms with Crippen LogP contribution >= 0.6 is 0 Å². The maximum atomic E-state index is 13.0. The summed E-state index contributed by atoms with van der Waals surface area (Å²) < 4.78 is 38.9. The number of rotatable bonds is 5. The Bertz CT molecular complexity index is 1030. The minimum atomic E-state index is -4.39. The predicted molar refractivity (Wildman–Crippen MR) is 125 cm³/mol. The number of nitrogens with zero attached hydrogens (tertiary/aromatic N) is 3. The lowest BCUT2D eigenvalue weighted by Gasteiger charge is -2.38. The quantitative estimate of drug-likeness (QED) is 0.506. The maximum Gasteiger partial charge on any atom is 0.416 e. The summed E-state index contributed by atoms with van der Waals surface area (Å²) in [6.45, 7) is 6.04. The minimum absolute atomic E-state index is 0.0636. The fourth-order valence-electron chi connectivity index (χ4n) is 4.45. The van der Waals surface area contributed by atoms with E-state index < -0.39 is 18.0 Å². The molecule has 2 aromatic rings. The van der Waals surface area contributed by atoms with Crippen LogP contribution in [0, 0.1) is 5.92 Å². The molecule has 1 saturated carbocycles. The molecule has 34 heavy (non-hydrogen) atoms. The Labute approximate surface area is 196 Å². The van der Waals surface area contributed by atoms with E-state index in [1.807, 2.05) is 20.8 Å². The third kappa shape index (κ3) is 5.28. The van der Waals surface area contributed by atoms with Gasteiger partial charge in [0.15, 0.2) is 12.1 Å². The van der Waals surface area contributed by atoms with Crippen molar-refractivity contribution in [3.05, 3.63) is 36.0 Å². The van der Waals surface area contributed by atoms with E-state index >= 15 is 0 Å². The second-order valence-electron chi connectivity index (χ2n) is 9.89. The Morgan fingerprint density at radius 3 is 2.32 bits per heavy atom. The molecule has 1 aromatic carbocycles. The number of amides is 1. The Kier molecular flexibility index (Phi) is 6.22. The highest BCUT2D eigenvalue weighted by Crippen LogP contribution is 2.40. The SMILES string of the molecule is CC(C)(C)Nc1ncc2c(n1)N([C@H]1CC[C@H](C(N)=O)CC1)C(Nc1ccc(C(F)(F)F)cc1)N2. The number of fused-ring (bicyclic) bond motifs is 1. The average Bonchev–Trinajstić information content (AvgIpc) is 3.09. The van der Waals surface area contributed by atoms with Crippen molar-refractivity contribution in [2.75, 3.05) is 20.9 Å². The number of aromatic nitrogens is 2. The molecule has 11 heteroatoms. The molecule has 1 fully saturated rings. The average molecular weight is 478 g/mol. The third-order valence-corrected chi connectivity index (χ3v) is 6.08.